The number of aliphatic carboxylic acids is 1. The van der Waals surface area contributed by atoms with Gasteiger partial charge in [0.25, 0.3) is 0 Å². The van der Waals surface area contributed by atoms with Gasteiger partial charge in [0.2, 0.25) is 0 Å². The minimum atomic E-state index is -1.04. The van der Waals surface area contributed by atoms with Gasteiger partial charge in [-0.1, -0.05) is 20.8 Å². The van der Waals surface area contributed by atoms with Crippen molar-refractivity contribution >= 4 is 12.0 Å². The van der Waals surface area contributed by atoms with Gasteiger partial charge in [0, 0.05) is 25.5 Å². The zero-order chi connectivity index (χ0) is 15.2. The van der Waals surface area contributed by atoms with E-state index >= 15 is 0 Å². The molecular formula is C13H22N4O3. The molecule has 7 nitrogen and oxygen atoms in total. The van der Waals surface area contributed by atoms with Gasteiger partial charge in [0.05, 0.1) is 0 Å². The summed E-state index contributed by atoms with van der Waals surface area (Å²) in [6, 6.07) is 0.447. The number of nitrogens with zero attached hydrogens (tertiary/aromatic N) is 2. The largest absolute Gasteiger partial charge is 0.480 e. The number of aromatic nitrogens is 2. The molecule has 0 aliphatic rings. The predicted octanol–water partition coefficient (Wildman–Crippen LogP) is 1.07. The van der Waals surface area contributed by atoms with Gasteiger partial charge in [0.15, 0.2) is 0 Å². The first kappa shape index (κ1) is 16.0. The molecule has 112 valence electrons. The van der Waals surface area contributed by atoms with Crippen LogP contribution in [0.3, 0.4) is 0 Å². The number of rotatable bonds is 6. The van der Waals surface area contributed by atoms with Crippen LogP contribution in [-0.4, -0.2) is 39.5 Å². The zero-order valence-electron chi connectivity index (χ0n) is 12.1. The number of urea groups is 1. The van der Waals surface area contributed by atoms with Gasteiger partial charge in [-0.25, -0.2) is 9.59 Å². The summed E-state index contributed by atoms with van der Waals surface area (Å²) in [7, 11) is 0. The van der Waals surface area contributed by atoms with Crippen molar-refractivity contribution in [2.75, 3.05) is 6.54 Å². The van der Waals surface area contributed by atoms with Crippen molar-refractivity contribution < 1.29 is 14.7 Å². The summed E-state index contributed by atoms with van der Waals surface area (Å²) in [6.07, 6.45) is 4.27. The third kappa shape index (κ3) is 5.29. The maximum absolute atomic E-state index is 11.7. The molecule has 0 aliphatic heterocycles. The minimum Gasteiger partial charge on any atom is -0.480 e. The number of carbonyl (C=O) groups is 2. The first-order chi connectivity index (χ1) is 9.30. The molecule has 0 unspecified atom stereocenters. The molecule has 0 saturated carbocycles. The summed E-state index contributed by atoms with van der Waals surface area (Å²) in [6.45, 7) is 6.47. The predicted molar refractivity (Wildman–Crippen MR) is 74.3 cm³/mol. The van der Waals surface area contributed by atoms with Crippen molar-refractivity contribution in [2.45, 2.75) is 39.8 Å². The molecule has 1 aromatic heterocycles. The first-order valence-electron chi connectivity index (χ1n) is 6.55. The van der Waals surface area contributed by atoms with Crippen LogP contribution >= 0.6 is 0 Å². The van der Waals surface area contributed by atoms with Crippen molar-refractivity contribution in [2.24, 2.45) is 5.41 Å². The summed E-state index contributed by atoms with van der Waals surface area (Å²) in [4.78, 5) is 22.8. The number of aryl methyl sites for hydroxylation is 1. The number of carboxylic acid groups (broad SMARTS) is 1. The van der Waals surface area contributed by atoms with E-state index in [4.69, 9.17) is 5.11 Å². The number of carboxylic acids is 1. The molecule has 0 spiro atoms. The average Bonchev–Trinajstić information content (AvgIpc) is 2.83. The number of carbonyl (C=O) groups excluding carboxylic acids is 1. The molecule has 0 bridgehead atoms. The van der Waals surface area contributed by atoms with E-state index in [1.165, 1.54) is 0 Å². The Balaban J connectivity index is 2.30. The van der Waals surface area contributed by atoms with Gasteiger partial charge in [0.1, 0.15) is 6.04 Å². The van der Waals surface area contributed by atoms with E-state index in [-0.39, 0.29) is 0 Å². The second-order valence-corrected chi connectivity index (χ2v) is 5.66. The van der Waals surface area contributed by atoms with E-state index in [0.717, 1.165) is 6.42 Å². The smallest absolute Gasteiger partial charge is 0.326 e. The third-order valence-electron chi connectivity index (χ3n) is 2.80. The molecule has 1 atom stereocenters. The highest BCUT2D eigenvalue weighted by atomic mass is 16.4. The van der Waals surface area contributed by atoms with Gasteiger partial charge in [-0.3, -0.25) is 4.68 Å². The molecule has 20 heavy (non-hydrogen) atoms. The summed E-state index contributed by atoms with van der Waals surface area (Å²) in [5.74, 6) is -1.04. The van der Waals surface area contributed by atoms with Gasteiger partial charge in [-0.15, -0.1) is 0 Å². The van der Waals surface area contributed by atoms with Crippen LogP contribution in [0.4, 0.5) is 4.79 Å². The van der Waals surface area contributed by atoms with Crippen LogP contribution in [0.15, 0.2) is 18.5 Å². The Kier molecular flexibility index (Phi) is 5.54. The lowest BCUT2D eigenvalue weighted by Gasteiger charge is -2.27. The molecule has 7 heteroatoms. The molecule has 1 aromatic rings. The number of hydrogen-bond acceptors (Lipinski definition) is 3. The standard InChI is InChI=1S/C13H22N4O3/c1-13(2,3)10(11(18)19)16-12(20)14-6-4-8-17-9-5-7-15-17/h5,7,9-10H,4,6,8H2,1-3H3,(H,18,19)(H2,14,16,20)/t10-/m0/s1. The molecule has 0 fully saturated rings. The van der Waals surface area contributed by atoms with Crippen LogP contribution in [0, 0.1) is 5.41 Å². The van der Waals surface area contributed by atoms with E-state index in [1.54, 1.807) is 31.6 Å². The monoisotopic (exact) mass is 282 g/mol. The fourth-order valence-corrected chi connectivity index (χ4v) is 1.71. The average molecular weight is 282 g/mol. The number of hydrogen-bond donors (Lipinski definition) is 3. The molecule has 3 N–H and O–H groups in total. The van der Waals surface area contributed by atoms with Gasteiger partial charge in [-0.2, -0.15) is 5.10 Å². The maximum atomic E-state index is 11.7. The summed E-state index contributed by atoms with van der Waals surface area (Å²) in [5, 5.41) is 18.3. The Morgan fingerprint density at radius 2 is 2.10 bits per heavy atom. The highest BCUT2D eigenvalue weighted by molar-refractivity contribution is 5.83. The van der Waals surface area contributed by atoms with E-state index in [9.17, 15) is 9.59 Å². The molecule has 2 amide bonds. The van der Waals surface area contributed by atoms with Gasteiger partial charge in [-0.05, 0) is 17.9 Å². The van der Waals surface area contributed by atoms with E-state index < -0.39 is 23.5 Å². The van der Waals surface area contributed by atoms with Crippen LogP contribution in [0.25, 0.3) is 0 Å². The van der Waals surface area contributed by atoms with Crippen LogP contribution in [-0.2, 0) is 11.3 Å². The SMILES string of the molecule is CC(C)(C)[C@@H](NC(=O)NCCCn1cccn1)C(=O)O. The Bertz CT molecular complexity index is 437. The van der Waals surface area contributed by atoms with Crippen LogP contribution in [0.5, 0.6) is 0 Å². The van der Waals surface area contributed by atoms with E-state index in [0.29, 0.717) is 13.1 Å². The number of nitrogens with one attached hydrogen (secondary N) is 2. The van der Waals surface area contributed by atoms with E-state index in [1.807, 2.05) is 12.3 Å². The third-order valence-corrected chi connectivity index (χ3v) is 2.80. The number of amides is 2. The molecule has 1 rings (SSSR count). The summed E-state index contributed by atoms with van der Waals surface area (Å²) < 4.78 is 1.77. The van der Waals surface area contributed by atoms with Crippen LogP contribution in [0.1, 0.15) is 27.2 Å². The lowest BCUT2D eigenvalue weighted by atomic mass is 9.87. The van der Waals surface area contributed by atoms with E-state index in [2.05, 4.69) is 15.7 Å². The van der Waals surface area contributed by atoms with Crippen LogP contribution in [0.2, 0.25) is 0 Å². The second-order valence-electron chi connectivity index (χ2n) is 5.66. The highest BCUT2D eigenvalue weighted by Gasteiger charge is 2.32. The Morgan fingerprint density at radius 3 is 2.60 bits per heavy atom. The fraction of sp³-hybridized carbons (Fsp3) is 0.615. The van der Waals surface area contributed by atoms with Crippen molar-refractivity contribution in [1.29, 1.82) is 0 Å². The molecule has 0 saturated heterocycles. The zero-order valence-corrected chi connectivity index (χ0v) is 12.1. The normalized spacial score (nSPS) is 12.8. The summed E-state index contributed by atoms with van der Waals surface area (Å²) >= 11 is 0. The molecular weight excluding hydrogens is 260 g/mol. The fourth-order valence-electron chi connectivity index (χ4n) is 1.71. The molecule has 0 radical (unpaired) electrons. The van der Waals surface area contributed by atoms with Crippen LogP contribution < -0.4 is 10.6 Å². The van der Waals surface area contributed by atoms with Crippen molar-refractivity contribution in [3.05, 3.63) is 18.5 Å². The molecule has 0 aromatic carbocycles. The Morgan fingerprint density at radius 1 is 1.40 bits per heavy atom. The molecule has 1 heterocycles. The van der Waals surface area contributed by atoms with Crippen molar-refractivity contribution in [3.63, 3.8) is 0 Å². The highest BCUT2D eigenvalue weighted by Crippen LogP contribution is 2.19. The maximum Gasteiger partial charge on any atom is 0.326 e. The Labute approximate surface area is 118 Å². The second kappa shape index (κ2) is 6.93. The lowest BCUT2D eigenvalue weighted by molar-refractivity contribution is -0.141. The minimum absolute atomic E-state index is 0.460. The summed E-state index contributed by atoms with van der Waals surface area (Å²) in [5.41, 5.74) is -0.543. The molecule has 0 aliphatic carbocycles. The quantitative estimate of drug-likeness (QED) is 0.680. The van der Waals surface area contributed by atoms with Crippen molar-refractivity contribution in [1.82, 2.24) is 20.4 Å². The van der Waals surface area contributed by atoms with Crippen molar-refractivity contribution in [3.8, 4) is 0 Å². The van der Waals surface area contributed by atoms with Gasteiger partial charge >= 0.3 is 12.0 Å². The Hall–Kier alpha value is -2.05. The van der Waals surface area contributed by atoms with Gasteiger partial charge < -0.3 is 15.7 Å². The first-order valence-corrected chi connectivity index (χ1v) is 6.55. The topological polar surface area (TPSA) is 96.3 Å². The lowest BCUT2D eigenvalue weighted by Crippen LogP contribution is -2.52.